The fourth-order valence-electron chi connectivity index (χ4n) is 1.99. The van der Waals surface area contributed by atoms with Gasteiger partial charge in [-0.25, -0.2) is 0 Å². The van der Waals surface area contributed by atoms with Crippen LogP contribution in [0, 0.1) is 5.92 Å². The lowest BCUT2D eigenvalue weighted by molar-refractivity contribution is -0.122. The average Bonchev–Trinajstić information content (AvgIpc) is 2.43. The molecule has 0 aliphatic carbocycles. The fourth-order valence-corrected chi connectivity index (χ4v) is 1.99. The van der Waals surface area contributed by atoms with Gasteiger partial charge in [0.15, 0.2) is 0 Å². The molecule has 0 aromatic heterocycles. The summed E-state index contributed by atoms with van der Waals surface area (Å²) in [5.41, 5.74) is 6.44. The number of rotatable bonds is 6. The molecular formula is C14H22N2O2. The molecule has 1 aromatic rings. The first-order valence-electron chi connectivity index (χ1n) is 6.26. The molecule has 1 rings (SSSR count). The number of nitrogens with two attached hydrogens (primary N) is 1. The van der Waals surface area contributed by atoms with E-state index in [1.54, 1.807) is 19.1 Å². The number of para-hydroxylation sites is 2. The van der Waals surface area contributed by atoms with E-state index in [0.717, 1.165) is 18.5 Å². The number of nitrogens with zero attached hydrogens (tertiary/aromatic N) is 1. The molecule has 4 nitrogen and oxygen atoms in total. The van der Waals surface area contributed by atoms with Crippen LogP contribution in [-0.4, -0.2) is 26.6 Å². The van der Waals surface area contributed by atoms with E-state index in [-0.39, 0.29) is 11.8 Å². The third kappa shape index (κ3) is 3.23. The predicted octanol–water partition coefficient (Wildman–Crippen LogP) is 2.03. The number of anilines is 1. The Morgan fingerprint density at radius 2 is 2.11 bits per heavy atom. The largest absolute Gasteiger partial charge is 0.495 e. The molecule has 1 amide bonds. The number of benzene rings is 1. The first kappa shape index (κ1) is 14.5. The molecule has 1 aromatic carbocycles. The molecule has 0 aliphatic rings. The van der Waals surface area contributed by atoms with E-state index in [9.17, 15) is 4.79 Å². The van der Waals surface area contributed by atoms with Crippen LogP contribution in [0.2, 0.25) is 0 Å². The highest BCUT2D eigenvalue weighted by atomic mass is 16.5. The quantitative estimate of drug-likeness (QED) is 0.840. The highest BCUT2D eigenvalue weighted by molar-refractivity contribution is 5.96. The van der Waals surface area contributed by atoms with Crippen LogP contribution in [0.3, 0.4) is 0 Å². The van der Waals surface area contributed by atoms with Crippen molar-refractivity contribution in [2.75, 3.05) is 25.6 Å². The van der Waals surface area contributed by atoms with Gasteiger partial charge in [-0.3, -0.25) is 4.79 Å². The van der Waals surface area contributed by atoms with Crippen LogP contribution in [0.4, 0.5) is 5.69 Å². The molecule has 0 saturated carbocycles. The summed E-state index contributed by atoms with van der Waals surface area (Å²) in [4.78, 5) is 14.0. The Morgan fingerprint density at radius 3 is 2.67 bits per heavy atom. The third-order valence-electron chi connectivity index (χ3n) is 3.05. The second kappa shape index (κ2) is 7.01. The van der Waals surface area contributed by atoms with Gasteiger partial charge in [-0.2, -0.15) is 0 Å². The molecular weight excluding hydrogens is 228 g/mol. The van der Waals surface area contributed by atoms with E-state index in [2.05, 4.69) is 6.92 Å². The standard InChI is InChI=1S/C14H22N2O2/c1-4-7-11(10-15)14(17)16(2)12-8-5-6-9-13(12)18-3/h5-6,8-9,11H,4,7,10,15H2,1-3H3. The number of ether oxygens (including phenoxy) is 1. The number of hydrogen-bond donors (Lipinski definition) is 1. The van der Waals surface area contributed by atoms with Gasteiger partial charge in [-0.1, -0.05) is 25.5 Å². The Kier molecular flexibility index (Phi) is 5.65. The molecule has 0 aliphatic heterocycles. The first-order chi connectivity index (χ1) is 8.65. The third-order valence-corrected chi connectivity index (χ3v) is 3.05. The molecule has 0 saturated heterocycles. The minimum atomic E-state index is -0.120. The van der Waals surface area contributed by atoms with Gasteiger partial charge in [0.05, 0.1) is 18.7 Å². The van der Waals surface area contributed by atoms with Gasteiger partial charge < -0.3 is 15.4 Å². The lowest BCUT2D eigenvalue weighted by Crippen LogP contribution is -2.36. The summed E-state index contributed by atoms with van der Waals surface area (Å²) < 4.78 is 5.26. The van der Waals surface area contributed by atoms with E-state index < -0.39 is 0 Å². The Hall–Kier alpha value is -1.55. The Morgan fingerprint density at radius 1 is 1.44 bits per heavy atom. The minimum absolute atomic E-state index is 0.0452. The molecule has 100 valence electrons. The smallest absolute Gasteiger partial charge is 0.231 e. The van der Waals surface area contributed by atoms with Crippen LogP contribution in [0.15, 0.2) is 24.3 Å². The molecule has 0 radical (unpaired) electrons. The van der Waals surface area contributed by atoms with Crippen molar-refractivity contribution in [1.29, 1.82) is 0 Å². The van der Waals surface area contributed by atoms with E-state index in [1.165, 1.54) is 0 Å². The van der Waals surface area contributed by atoms with Crippen molar-refractivity contribution in [1.82, 2.24) is 0 Å². The normalized spacial score (nSPS) is 12.0. The monoisotopic (exact) mass is 250 g/mol. The Labute approximate surface area is 109 Å². The van der Waals surface area contributed by atoms with Gasteiger partial charge in [0, 0.05) is 13.6 Å². The van der Waals surface area contributed by atoms with Crippen molar-refractivity contribution in [3.8, 4) is 5.75 Å². The molecule has 4 heteroatoms. The van der Waals surface area contributed by atoms with Crippen LogP contribution in [0.1, 0.15) is 19.8 Å². The topological polar surface area (TPSA) is 55.6 Å². The van der Waals surface area contributed by atoms with Crippen molar-refractivity contribution in [2.45, 2.75) is 19.8 Å². The van der Waals surface area contributed by atoms with Crippen LogP contribution >= 0.6 is 0 Å². The average molecular weight is 250 g/mol. The second-order valence-corrected chi connectivity index (χ2v) is 4.29. The highest BCUT2D eigenvalue weighted by Gasteiger charge is 2.22. The van der Waals surface area contributed by atoms with Crippen LogP contribution in [-0.2, 0) is 4.79 Å². The second-order valence-electron chi connectivity index (χ2n) is 4.29. The van der Waals surface area contributed by atoms with Crippen molar-refractivity contribution >= 4 is 11.6 Å². The number of hydrogen-bond acceptors (Lipinski definition) is 3. The van der Waals surface area contributed by atoms with E-state index in [1.807, 2.05) is 24.3 Å². The fraction of sp³-hybridized carbons (Fsp3) is 0.500. The SMILES string of the molecule is CCCC(CN)C(=O)N(C)c1ccccc1OC. The minimum Gasteiger partial charge on any atom is -0.495 e. The number of carbonyl (C=O) groups is 1. The van der Waals surface area contributed by atoms with Crippen LogP contribution in [0.25, 0.3) is 0 Å². The van der Waals surface area contributed by atoms with Gasteiger partial charge >= 0.3 is 0 Å². The molecule has 1 atom stereocenters. The van der Waals surface area contributed by atoms with Gasteiger partial charge in [0.25, 0.3) is 0 Å². The maximum absolute atomic E-state index is 12.3. The van der Waals surface area contributed by atoms with Gasteiger partial charge in [-0.05, 0) is 18.6 Å². The maximum atomic E-state index is 12.3. The molecule has 0 spiro atoms. The van der Waals surface area contributed by atoms with Crippen molar-refractivity contribution in [2.24, 2.45) is 11.7 Å². The highest BCUT2D eigenvalue weighted by Crippen LogP contribution is 2.28. The zero-order chi connectivity index (χ0) is 13.5. The van der Waals surface area contributed by atoms with E-state index in [0.29, 0.717) is 12.3 Å². The maximum Gasteiger partial charge on any atom is 0.231 e. The lowest BCUT2D eigenvalue weighted by Gasteiger charge is -2.24. The van der Waals surface area contributed by atoms with Gasteiger partial charge in [0.2, 0.25) is 5.91 Å². The predicted molar refractivity (Wildman–Crippen MR) is 73.9 cm³/mol. The first-order valence-corrected chi connectivity index (χ1v) is 6.26. The molecule has 0 fully saturated rings. The molecule has 1 unspecified atom stereocenters. The number of amides is 1. The molecule has 2 N–H and O–H groups in total. The van der Waals surface area contributed by atoms with Crippen molar-refractivity contribution in [3.63, 3.8) is 0 Å². The summed E-state index contributed by atoms with van der Waals surface area (Å²) in [5, 5.41) is 0. The molecule has 0 bridgehead atoms. The van der Waals surface area contributed by atoms with Crippen molar-refractivity contribution < 1.29 is 9.53 Å². The van der Waals surface area contributed by atoms with E-state index in [4.69, 9.17) is 10.5 Å². The zero-order valence-corrected chi connectivity index (χ0v) is 11.3. The number of carbonyl (C=O) groups excluding carboxylic acids is 1. The number of methoxy groups -OCH3 is 1. The molecule has 18 heavy (non-hydrogen) atoms. The Balaban J connectivity index is 2.91. The summed E-state index contributed by atoms with van der Waals surface area (Å²) in [6, 6.07) is 7.48. The van der Waals surface area contributed by atoms with Crippen molar-refractivity contribution in [3.05, 3.63) is 24.3 Å². The lowest BCUT2D eigenvalue weighted by atomic mass is 10.0. The summed E-state index contributed by atoms with van der Waals surface area (Å²) in [6.07, 6.45) is 1.77. The summed E-state index contributed by atoms with van der Waals surface area (Å²) in [5.74, 6) is 0.620. The van der Waals surface area contributed by atoms with E-state index >= 15 is 0 Å². The summed E-state index contributed by atoms with van der Waals surface area (Å²) >= 11 is 0. The zero-order valence-electron chi connectivity index (χ0n) is 11.3. The summed E-state index contributed by atoms with van der Waals surface area (Å²) in [7, 11) is 3.36. The molecule has 0 heterocycles. The van der Waals surface area contributed by atoms with Gasteiger partial charge in [0.1, 0.15) is 5.75 Å². The van der Waals surface area contributed by atoms with Gasteiger partial charge in [-0.15, -0.1) is 0 Å². The van der Waals surface area contributed by atoms with Crippen LogP contribution < -0.4 is 15.4 Å². The Bertz CT molecular complexity index is 393. The summed E-state index contributed by atoms with van der Waals surface area (Å²) in [6.45, 7) is 2.44. The van der Waals surface area contributed by atoms with Crippen LogP contribution in [0.5, 0.6) is 5.75 Å².